The van der Waals surface area contributed by atoms with E-state index >= 15 is 0 Å². The molecule has 0 saturated heterocycles. The van der Waals surface area contributed by atoms with Gasteiger partial charge in [-0.1, -0.05) is 18.2 Å². The van der Waals surface area contributed by atoms with Crippen molar-refractivity contribution in [2.75, 3.05) is 17.7 Å². The number of amides is 3. The van der Waals surface area contributed by atoms with Gasteiger partial charge in [-0.2, -0.15) is 0 Å². The summed E-state index contributed by atoms with van der Waals surface area (Å²) in [6.45, 7) is 1.51. The van der Waals surface area contributed by atoms with Crippen LogP contribution in [-0.2, 0) is 27.8 Å². The van der Waals surface area contributed by atoms with Crippen LogP contribution in [0.25, 0.3) is 0 Å². The Bertz CT molecular complexity index is 1360. The number of hydrogen-bond donors (Lipinski definition) is 3. The lowest BCUT2D eigenvalue weighted by Gasteiger charge is -2.12. The van der Waals surface area contributed by atoms with Gasteiger partial charge in [0.1, 0.15) is 11.7 Å². The summed E-state index contributed by atoms with van der Waals surface area (Å²) >= 11 is 0. The van der Waals surface area contributed by atoms with Crippen LogP contribution in [0.5, 0.6) is 0 Å². The summed E-state index contributed by atoms with van der Waals surface area (Å²) in [6.07, 6.45) is 1.52. The standard InChI is InChI=1S/C25H25N5O7/c1-15(25(34)37-3)26-22(31)11-16-6-4-8-18(10-16)27-24(33)21-13-19(14-29(21)2)28-23(32)17-7-5-9-20(12-17)30(35)36/h4-10,12-15H,11H2,1-3H3,(H,26,31)(H,27,33)(H,28,32)/t15-/m0/s1. The minimum atomic E-state index is -0.788. The van der Waals surface area contributed by atoms with E-state index in [-0.39, 0.29) is 29.3 Å². The van der Waals surface area contributed by atoms with Crippen molar-refractivity contribution in [1.82, 2.24) is 9.88 Å². The maximum Gasteiger partial charge on any atom is 0.328 e. The molecule has 12 nitrogen and oxygen atoms in total. The summed E-state index contributed by atoms with van der Waals surface area (Å²) in [5, 5.41) is 18.9. The van der Waals surface area contributed by atoms with Gasteiger partial charge in [0.15, 0.2) is 0 Å². The third-order valence-corrected chi connectivity index (χ3v) is 5.30. The topological polar surface area (TPSA) is 162 Å². The lowest BCUT2D eigenvalue weighted by molar-refractivity contribution is -0.384. The molecule has 0 spiro atoms. The maximum atomic E-state index is 12.9. The summed E-state index contributed by atoms with van der Waals surface area (Å²) in [5.41, 5.74) is 1.52. The quantitative estimate of drug-likeness (QED) is 0.228. The van der Waals surface area contributed by atoms with Crippen molar-refractivity contribution in [1.29, 1.82) is 0 Å². The van der Waals surface area contributed by atoms with Crippen LogP contribution in [0.3, 0.4) is 0 Å². The lowest BCUT2D eigenvalue weighted by Crippen LogP contribution is -2.39. The number of non-ortho nitro benzene ring substituents is 1. The van der Waals surface area contributed by atoms with E-state index in [1.54, 1.807) is 31.3 Å². The number of methoxy groups -OCH3 is 1. The molecule has 1 heterocycles. The molecular formula is C25H25N5O7. The van der Waals surface area contributed by atoms with Crippen LogP contribution in [0.2, 0.25) is 0 Å². The first kappa shape index (κ1) is 26.6. The van der Waals surface area contributed by atoms with E-state index in [0.717, 1.165) is 6.07 Å². The molecule has 3 N–H and O–H groups in total. The number of carbonyl (C=O) groups is 4. The van der Waals surface area contributed by atoms with Gasteiger partial charge in [-0.3, -0.25) is 24.5 Å². The van der Waals surface area contributed by atoms with E-state index in [1.807, 2.05) is 0 Å². The number of aryl methyl sites for hydroxylation is 1. The second-order valence-electron chi connectivity index (χ2n) is 8.13. The Balaban J connectivity index is 1.65. The molecule has 0 fully saturated rings. The van der Waals surface area contributed by atoms with E-state index in [4.69, 9.17) is 0 Å². The fourth-order valence-electron chi connectivity index (χ4n) is 3.49. The Hall–Kier alpha value is -5.00. The lowest BCUT2D eigenvalue weighted by atomic mass is 10.1. The molecule has 2 aromatic carbocycles. The first-order valence-electron chi connectivity index (χ1n) is 11.1. The largest absolute Gasteiger partial charge is 0.467 e. The Labute approximate surface area is 211 Å². The molecule has 37 heavy (non-hydrogen) atoms. The average molecular weight is 508 g/mol. The van der Waals surface area contributed by atoms with Crippen molar-refractivity contribution < 1.29 is 28.8 Å². The summed E-state index contributed by atoms with van der Waals surface area (Å²) < 4.78 is 6.10. The third-order valence-electron chi connectivity index (χ3n) is 5.30. The van der Waals surface area contributed by atoms with Crippen molar-refractivity contribution in [3.05, 3.63) is 87.7 Å². The van der Waals surface area contributed by atoms with Gasteiger partial charge in [-0.15, -0.1) is 0 Å². The van der Waals surface area contributed by atoms with E-state index < -0.39 is 28.7 Å². The second-order valence-corrected chi connectivity index (χ2v) is 8.13. The third kappa shape index (κ3) is 7.01. The summed E-state index contributed by atoms with van der Waals surface area (Å²) in [5.74, 6) is -1.96. The highest BCUT2D eigenvalue weighted by atomic mass is 16.6. The highest BCUT2D eigenvalue weighted by Crippen LogP contribution is 2.19. The second kappa shape index (κ2) is 11.6. The van der Waals surface area contributed by atoms with Crippen LogP contribution < -0.4 is 16.0 Å². The minimum absolute atomic E-state index is 0.0109. The number of nitrogens with one attached hydrogen (secondary N) is 3. The van der Waals surface area contributed by atoms with Gasteiger partial charge in [0.2, 0.25) is 5.91 Å². The zero-order valence-electron chi connectivity index (χ0n) is 20.3. The van der Waals surface area contributed by atoms with Crippen molar-refractivity contribution in [3.63, 3.8) is 0 Å². The number of carbonyl (C=O) groups excluding carboxylic acids is 4. The molecule has 3 rings (SSSR count). The van der Waals surface area contributed by atoms with Gasteiger partial charge in [0.25, 0.3) is 17.5 Å². The van der Waals surface area contributed by atoms with Gasteiger partial charge >= 0.3 is 5.97 Å². The molecule has 12 heteroatoms. The molecule has 192 valence electrons. The highest BCUT2D eigenvalue weighted by Gasteiger charge is 2.18. The Morgan fingerprint density at radius 2 is 1.70 bits per heavy atom. The molecule has 3 amide bonds. The van der Waals surface area contributed by atoms with E-state index in [2.05, 4.69) is 20.7 Å². The monoisotopic (exact) mass is 507 g/mol. The number of esters is 1. The van der Waals surface area contributed by atoms with Crippen LogP contribution in [0.15, 0.2) is 60.8 Å². The number of benzene rings is 2. The number of nitrogens with zero attached hydrogens (tertiary/aromatic N) is 2. The summed E-state index contributed by atoms with van der Waals surface area (Å²) in [6, 6.07) is 12.7. The smallest absolute Gasteiger partial charge is 0.328 e. The Morgan fingerprint density at radius 1 is 1.00 bits per heavy atom. The normalized spacial score (nSPS) is 11.2. The first-order chi connectivity index (χ1) is 17.6. The van der Waals surface area contributed by atoms with Gasteiger partial charge in [0.05, 0.1) is 24.1 Å². The molecule has 1 atom stereocenters. The fraction of sp³-hybridized carbons (Fsp3) is 0.200. The van der Waals surface area contributed by atoms with E-state index in [1.165, 1.54) is 49.1 Å². The molecular weight excluding hydrogens is 482 g/mol. The predicted octanol–water partition coefficient (Wildman–Crippen LogP) is 2.66. The average Bonchev–Trinajstić information content (AvgIpc) is 3.23. The SMILES string of the molecule is COC(=O)[C@H](C)NC(=O)Cc1cccc(NC(=O)c2cc(NC(=O)c3cccc([N+](=O)[O-])c3)cn2C)c1. The number of ether oxygens (including phenoxy) is 1. The molecule has 3 aromatic rings. The zero-order valence-corrected chi connectivity index (χ0v) is 20.3. The van der Waals surface area contributed by atoms with Gasteiger partial charge < -0.3 is 25.3 Å². The number of nitro groups is 1. The summed E-state index contributed by atoms with van der Waals surface area (Å²) in [4.78, 5) is 59.4. The maximum absolute atomic E-state index is 12.9. The number of anilines is 2. The highest BCUT2D eigenvalue weighted by molar-refractivity contribution is 6.07. The molecule has 0 aliphatic rings. The van der Waals surface area contributed by atoms with E-state index in [9.17, 15) is 29.3 Å². The van der Waals surface area contributed by atoms with Crippen molar-refractivity contribution in [2.24, 2.45) is 7.05 Å². The zero-order chi connectivity index (χ0) is 27.1. The van der Waals surface area contributed by atoms with Crippen LogP contribution in [-0.4, -0.2) is 46.3 Å². The molecule has 0 aliphatic carbocycles. The number of hydrogen-bond acceptors (Lipinski definition) is 7. The van der Waals surface area contributed by atoms with Crippen LogP contribution >= 0.6 is 0 Å². The Morgan fingerprint density at radius 3 is 2.41 bits per heavy atom. The van der Waals surface area contributed by atoms with Crippen LogP contribution in [0.1, 0.15) is 33.3 Å². The van der Waals surface area contributed by atoms with Gasteiger partial charge in [-0.25, -0.2) is 4.79 Å². The molecule has 0 saturated carbocycles. The first-order valence-corrected chi connectivity index (χ1v) is 11.1. The van der Waals surface area contributed by atoms with Gasteiger partial charge in [0, 0.05) is 36.6 Å². The Kier molecular flexibility index (Phi) is 8.35. The predicted molar refractivity (Wildman–Crippen MR) is 134 cm³/mol. The number of rotatable bonds is 9. The van der Waals surface area contributed by atoms with Crippen LogP contribution in [0.4, 0.5) is 17.1 Å². The van der Waals surface area contributed by atoms with Crippen LogP contribution in [0, 0.1) is 10.1 Å². The molecule has 0 unspecified atom stereocenters. The summed E-state index contributed by atoms with van der Waals surface area (Å²) in [7, 11) is 2.86. The number of aromatic nitrogens is 1. The van der Waals surface area contributed by atoms with Crippen molar-refractivity contribution in [3.8, 4) is 0 Å². The molecule has 0 bridgehead atoms. The molecule has 1 aromatic heterocycles. The molecule has 0 aliphatic heterocycles. The van der Waals surface area contributed by atoms with E-state index in [0.29, 0.717) is 16.9 Å². The van der Waals surface area contributed by atoms with Crippen molar-refractivity contribution in [2.45, 2.75) is 19.4 Å². The van der Waals surface area contributed by atoms with Gasteiger partial charge in [-0.05, 0) is 36.8 Å². The fourth-order valence-corrected chi connectivity index (χ4v) is 3.49. The number of nitro benzene ring substituents is 1. The minimum Gasteiger partial charge on any atom is -0.467 e. The van der Waals surface area contributed by atoms with Crippen molar-refractivity contribution >= 4 is 40.8 Å². The molecule has 0 radical (unpaired) electrons.